The molecule has 0 saturated heterocycles. The Hall–Kier alpha value is -0.890. The highest BCUT2D eigenvalue weighted by molar-refractivity contribution is 6.30. The molecule has 0 bridgehead atoms. The lowest BCUT2D eigenvalue weighted by Gasteiger charge is -2.16. The minimum absolute atomic E-state index is 0.000216. The highest BCUT2D eigenvalue weighted by Gasteiger charge is 2.40. The average Bonchev–Trinajstić information content (AvgIpc) is 2.40. The summed E-state index contributed by atoms with van der Waals surface area (Å²) in [6.45, 7) is 3.84. The first-order valence-electron chi connectivity index (χ1n) is 5.38. The molecular formula is C13H14ClFO. The lowest BCUT2D eigenvalue weighted by Crippen LogP contribution is -2.15. The topological polar surface area (TPSA) is 17.1 Å². The molecule has 0 radical (unpaired) electrons. The Morgan fingerprint density at radius 2 is 2.12 bits per heavy atom. The molecule has 3 heteroatoms. The van der Waals surface area contributed by atoms with Crippen LogP contribution in [0.5, 0.6) is 0 Å². The fourth-order valence-electron chi connectivity index (χ4n) is 2.35. The Morgan fingerprint density at radius 1 is 1.44 bits per heavy atom. The second-order valence-electron chi connectivity index (χ2n) is 5.08. The summed E-state index contributed by atoms with van der Waals surface area (Å²) in [4.78, 5) is 11.7. The number of rotatable bonds is 1. The quantitative estimate of drug-likeness (QED) is 0.726. The molecule has 1 nitrogen and oxygen atoms in total. The second kappa shape index (κ2) is 3.85. The van der Waals surface area contributed by atoms with E-state index in [1.165, 1.54) is 6.07 Å². The largest absolute Gasteiger partial charge is 0.299 e. The molecule has 1 aliphatic rings. The zero-order chi connectivity index (χ0) is 11.9. The predicted molar refractivity (Wildman–Crippen MR) is 62.2 cm³/mol. The second-order valence-corrected chi connectivity index (χ2v) is 5.51. The van der Waals surface area contributed by atoms with Gasteiger partial charge < -0.3 is 0 Å². The van der Waals surface area contributed by atoms with Crippen LogP contribution in [-0.2, 0) is 4.79 Å². The van der Waals surface area contributed by atoms with E-state index in [4.69, 9.17) is 11.6 Å². The fraction of sp³-hybridized carbons (Fsp3) is 0.462. The summed E-state index contributed by atoms with van der Waals surface area (Å²) in [7, 11) is 0. The molecule has 1 aromatic rings. The molecule has 0 N–H and O–H groups in total. The number of halogens is 2. The predicted octanol–water partition coefficient (Wildman–Crippen LogP) is 3.95. The van der Waals surface area contributed by atoms with Crippen molar-refractivity contribution in [3.05, 3.63) is 34.6 Å². The van der Waals surface area contributed by atoms with E-state index in [2.05, 4.69) is 0 Å². The lowest BCUT2D eigenvalue weighted by molar-refractivity contribution is -0.124. The summed E-state index contributed by atoms with van der Waals surface area (Å²) < 4.78 is 13.7. The van der Waals surface area contributed by atoms with Crippen molar-refractivity contribution in [3.8, 4) is 0 Å². The Kier molecular flexibility index (Phi) is 2.79. The summed E-state index contributed by atoms with van der Waals surface area (Å²) >= 11 is 5.70. The lowest BCUT2D eigenvalue weighted by atomic mass is 9.88. The number of ketones is 1. The smallest absolute Gasteiger partial charge is 0.139 e. The van der Waals surface area contributed by atoms with Crippen molar-refractivity contribution >= 4 is 17.4 Å². The zero-order valence-corrected chi connectivity index (χ0v) is 10.1. The van der Waals surface area contributed by atoms with Gasteiger partial charge in [0.25, 0.3) is 0 Å². The van der Waals surface area contributed by atoms with Gasteiger partial charge in [0.1, 0.15) is 11.6 Å². The number of carbonyl (C=O) groups excluding carboxylic acids is 1. The minimum Gasteiger partial charge on any atom is -0.299 e. The third kappa shape index (κ3) is 1.99. The van der Waals surface area contributed by atoms with E-state index in [0.29, 0.717) is 23.4 Å². The first-order valence-corrected chi connectivity index (χ1v) is 5.76. The molecule has 1 saturated carbocycles. The molecule has 16 heavy (non-hydrogen) atoms. The van der Waals surface area contributed by atoms with Crippen LogP contribution >= 0.6 is 11.6 Å². The molecular weight excluding hydrogens is 227 g/mol. The van der Waals surface area contributed by atoms with E-state index in [-0.39, 0.29) is 22.9 Å². The number of carbonyl (C=O) groups is 1. The SMILES string of the molecule is CC1(C)CC(c2ccc(Cl)cc2F)CC1=O. The highest BCUT2D eigenvalue weighted by atomic mass is 35.5. The van der Waals surface area contributed by atoms with Crippen molar-refractivity contribution in [1.82, 2.24) is 0 Å². The van der Waals surface area contributed by atoms with E-state index >= 15 is 0 Å². The third-order valence-electron chi connectivity index (χ3n) is 3.35. The fourth-order valence-corrected chi connectivity index (χ4v) is 2.51. The number of hydrogen-bond acceptors (Lipinski definition) is 1. The van der Waals surface area contributed by atoms with Gasteiger partial charge in [0.15, 0.2) is 0 Å². The van der Waals surface area contributed by atoms with Gasteiger partial charge >= 0.3 is 0 Å². The highest BCUT2D eigenvalue weighted by Crippen LogP contribution is 2.44. The van der Waals surface area contributed by atoms with Crippen LogP contribution in [-0.4, -0.2) is 5.78 Å². The van der Waals surface area contributed by atoms with Crippen LogP contribution in [0.4, 0.5) is 4.39 Å². The van der Waals surface area contributed by atoms with E-state index < -0.39 is 0 Å². The molecule has 1 aliphatic carbocycles. The molecule has 1 unspecified atom stereocenters. The molecule has 0 aromatic heterocycles. The van der Waals surface area contributed by atoms with Gasteiger partial charge in [-0.05, 0) is 30.0 Å². The number of hydrogen-bond donors (Lipinski definition) is 0. The Labute approximate surface area is 99.6 Å². The van der Waals surface area contributed by atoms with Gasteiger partial charge in [-0.2, -0.15) is 0 Å². The van der Waals surface area contributed by atoms with Crippen LogP contribution in [0.2, 0.25) is 5.02 Å². The monoisotopic (exact) mass is 240 g/mol. The van der Waals surface area contributed by atoms with Crippen molar-refractivity contribution in [2.45, 2.75) is 32.6 Å². The Bertz CT molecular complexity index is 440. The average molecular weight is 241 g/mol. The van der Waals surface area contributed by atoms with E-state index in [1.54, 1.807) is 12.1 Å². The maximum atomic E-state index is 13.7. The van der Waals surface area contributed by atoms with Crippen LogP contribution in [0.15, 0.2) is 18.2 Å². The van der Waals surface area contributed by atoms with Gasteiger partial charge in [-0.1, -0.05) is 31.5 Å². The van der Waals surface area contributed by atoms with Crippen LogP contribution in [0.25, 0.3) is 0 Å². The van der Waals surface area contributed by atoms with Crippen LogP contribution in [0, 0.1) is 11.2 Å². The van der Waals surface area contributed by atoms with Gasteiger partial charge in [-0.25, -0.2) is 4.39 Å². The Balaban J connectivity index is 2.30. The zero-order valence-electron chi connectivity index (χ0n) is 9.39. The normalized spacial score (nSPS) is 23.8. The summed E-state index contributed by atoms with van der Waals surface area (Å²) in [5, 5.41) is 0.393. The van der Waals surface area contributed by atoms with Crippen LogP contribution in [0.3, 0.4) is 0 Å². The maximum Gasteiger partial charge on any atom is 0.139 e. The molecule has 0 amide bonds. The van der Waals surface area contributed by atoms with Gasteiger partial charge in [0, 0.05) is 16.9 Å². The number of benzene rings is 1. The van der Waals surface area contributed by atoms with Gasteiger partial charge in [-0.15, -0.1) is 0 Å². The maximum absolute atomic E-state index is 13.7. The van der Waals surface area contributed by atoms with E-state index in [0.717, 1.165) is 0 Å². The number of Topliss-reactive ketones (excluding diaryl/α,β-unsaturated/α-hetero) is 1. The van der Waals surface area contributed by atoms with Crippen molar-refractivity contribution in [2.75, 3.05) is 0 Å². The first-order chi connectivity index (χ1) is 7.40. The summed E-state index contributed by atoms with van der Waals surface area (Å²) in [6, 6.07) is 4.68. The van der Waals surface area contributed by atoms with Crippen molar-refractivity contribution in [3.63, 3.8) is 0 Å². The molecule has 1 fully saturated rings. The van der Waals surface area contributed by atoms with E-state index in [1.807, 2.05) is 13.8 Å². The van der Waals surface area contributed by atoms with Crippen LogP contribution in [0.1, 0.15) is 38.2 Å². The summed E-state index contributed by atoms with van der Waals surface area (Å²) in [5.41, 5.74) is 0.292. The standard InChI is InChI=1S/C13H14ClFO/c1-13(2)7-8(5-12(13)16)10-4-3-9(14)6-11(10)15/h3-4,6,8H,5,7H2,1-2H3. The van der Waals surface area contributed by atoms with Gasteiger partial charge in [-0.3, -0.25) is 4.79 Å². The molecule has 0 heterocycles. The molecule has 1 atom stereocenters. The molecule has 0 aliphatic heterocycles. The van der Waals surface area contributed by atoms with Crippen molar-refractivity contribution in [1.29, 1.82) is 0 Å². The van der Waals surface area contributed by atoms with Crippen molar-refractivity contribution in [2.24, 2.45) is 5.41 Å². The molecule has 2 rings (SSSR count). The molecule has 1 aromatic carbocycles. The molecule has 0 spiro atoms. The molecule has 86 valence electrons. The third-order valence-corrected chi connectivity index (χ3v) is 3.58. The first kappa shape index (κ1) is 11.6. The summed E-state index contributed by atoms with van der Waals surface area (Å²) in [5.74, 6) is -0.0883. The van der Waals surface area contributed by atoms with Crippen molar-refractivity contribution < 1.29 is 9.18 Å². The van der Waals surface area contributed by atoms with E-state index in [9.17, 15) is 9.18 Å². The Morgan fingerprint density at radius 3 is 2.62 bits per heavy atom. The van der Waals surface area contributed by atoms with Crippen LogP contribution < -0.4 is 0 Å². The van der Waals surface area contributed by atoms with Gasteiger partial charge in [0.05, 0.1) is 0 Å². The summed E-state index contributed by atoms with van der Waals surface area (Å²) in [6.07, 6.45) is 1.15. The minimum atomic E-state index is -0.323. The van der Waals surface area contributed by atoms with Gasteiger partial charge in [0.2, 0.25) is 0 Å².